The highest BCUT2D eigenvalue weighted by Gasteiger charge is 2.40. The van der Waals surface area contributed by atoms with Crippen molar-refractivity contribution in [1.29, 1.82) is 0 Å². The van der Waals surface area contributed by atoms with Gasteiger partial charge in [-0.2, -0.15) is 13.2 Å². The summed E-state index contributed by atoms with van der Waals surface area (Å²) in [7, 11) is 0. The number of carbonyl (C=O) groups excluding carboxylic acids is 1. The first kappa shape index (κ1) is 16.0. The molecule has 0 aromatic heterocycles. The average molecular weight is 264 g/mol. The van der Waals surface area contributed by atoms with Gasteiger partial charge in [-0.05, 0) is 5.56 Å². The zero-order chi connectivity index (χ0) is 14.2. The Balaban J connectivity index is 0.000000631. The van der Waals surface area contributed by atoms with Crippen LogP contribution in [0.2, 0.25) is 0 Å². The highest BCUT2D eigenvalue weighted by atomic mass is 19.4. The molecule has 0 atom stereocenters. The summed E-state index contributed by atoms with van der Waals surface area (Å²) in [6, 6.07) is 8.16. The Morgan fingerprint density at radius 1 is 1.22 bits per heavy atom. The van der Waals surface area contributed by atoms with Crippen LogP contribution in [0.4, 0.5) is 13.2 Å². The Bertz CT molecular complexity index is 383. The first-order chi connectivity index (χ1) is 8.23. The normalized spacial score (nSPS) is 10.0. The van der Waals surface area contributed by atoms with Crippen LogP contribution in [0.5, 0.6) is 0 Å². The number of rotatable bonds is 2. The molecule has 0 radical (unpaired) electrons. The lowest BCUT2D eigenvalue weighted by atomic mass is 10.2. The number of carboxylic acids is 1. The monoisotopic (exact) mass is 264 g/mol. The molecule has 0 amide bonds. The zero-order valence-electron chi connectivity index (χ0n) is 9.40. The van der Waals surface area contributed by atoms with Gasteiger partial charge in [0.2, 0.25) is 0 Å². The second kappa shape index (κ2) is 7.31. The van der Waals surface area contributed by atoms with Crippen LogP contribution in [-0.2, 0) is 20.9 Å². The molecule has 1 aromatic rings. The maximum atomic E-state index is 11.7. The van der Waals surface area contributed by atoms with Gasteiger partial charge in [0.05, 0.1) is 0 Å². The lowest BCUT2D eigenvalue weighted by Gasteiger charge is -2.06. The van der Waals surface area contributed by atoms with Gasteiger partial charge in [-0.3, -0.25) is 4.79 Å². The summed E-state index contributed by atoms with van der Waals surface area (Å²) in [5.41, 5.74) is 0.519. The van der Waals surface area contributed by atoms with Crippen LogP contribution in [-0.4, -0.2) is 23.2 Å². The van der Waals surface area contributed by atoms with Crippen molar-refractivity contribution in [2.75, 3.05) is 0 Å². The second-order valence-corrected chi connectivity index (χ2v) is 3.08. The summed E-state index contributed by atoms with van der Waals surface area (Å²) in [5.74, 6) is -3.00. The molecule has 7 heteroatoms. The number of carbonyl (C=O) groups is 2. The average Bonchev–Trinajstić information content (AvgIpc) is 2.25. The molecular weight excluding hydrogens is 253 g/mol. The maximum Gasteiger partial charge on any atom is 0.490 e. The fraction of sp³-hybridized carbons (Fsp3) is 0.273. The Morgan fingerprint density at radius 3 is 2.06 bits per heavy atom. The highest BCUT2D eigenvalue weighted by Crippen LogP contribution is 2.17. The van der Waals surface area contributed by atoms with E-state index < -0.39 is 18.1 Å². The summed E-state index contributed by atoms with van der Waals surface area (Å²) in [4.78, 5) is 19.3. The number of aliphatic carboxylic acids is 1. The molecule has 0 fully saturated rings. The molecule has 4 nitrogen and oxygen atoms in total. The topological polar surface area (TPSA) is 63.6 Å². The minimum atomic E-state index is -4.92. The van der Waals surface area contributed by atoms with Gasteiger partial charge in [-0.25, -0.2) is 4.79 Å². The Hall–Kier alpha value is -2.05. The van der Waals surface area contributed by atoms with Crippen molar-refractivity contribution in [2.45, 2.75) is 19.7 Å². The van der Waals surface area contributed by atoms with Gasteiger partial charge in [0.1, 0.15) is 6.61 Å². The number of carboxylic acid groups (broad SMARTS) is 1. The first-order valence-electron chi connectivity index (χ1n) is 4.71. The molecule has 100 valence electrons. The van der Waals surface area contributed by atoms with Gasteiger partial charge in [0.25, 0.3) is 5.97 Å². The summed E-state index contributed by atoms with van der Waals surface area (Å²) < 4.78 is 39.1. The number of esters is 1. The van der Waals surface area contributed by atoms with E-state index in [9.17, 15) is 18.0 Å². The number of hydrogen-bond acceptors (Lipinski definition) is 3. The van der Waals surface area contributed by atoms with Gasteiger partial charge in [0, 0.05) is 6.92 Å². The van der Waals surface area contributed by atoms with Crippen LogP contribution in [0, 0.1) is 0 Å². The van der Waals surface area contributed by atoms with Gasteiger partial charge >= 0.3 is 12.1 Å². The SMILES string of the molecule is CC(=O)O.O=C(OCc1ccccc1)C(F)(F)F. The number of ether oxygens (including phenoxy) is 1. The molecule has 0 aliphatic carbocycles. The van der Waals surface area contributed by atoms with E-state index in [4.69, 9.17) is 9.90 Å². The van der Waals surface area contributed by atoms with E-state index in [0.29, 0.717) is 5.56 Å². The molecule has 1 N–H and O–H groups in total. The Kier molecular flexibility index (Phi) is 6.48. The van der Waals surface area contributed by atoms with E-state index in [2.05, 4.69) is 4.74 Å². The largest absolute Gasteiger partial charge is 0.490 e. The number of alkyl halides is 3. The molecule has 1 rings (SSSR count). The van der Waals surface area contributed by atoms with Crippen molar-refractivity contribution in [2.24, 2.45) is 0 Å². The van der Waals surface area contributed by atoms with Crippen molar-refractivity contribution in [3.63, 3.8) is 0 Å². The molecule has 0 aliphatic rings. The van der Waals surface area contributed by atoms with Gasteiger partial charge in [0.15, 0.2) is 0 Å². The Morgan fingerprint density at radius 2 is 1.67 bits per heavy atom. The van der Waals surface area contributed by atoms with E-state index in [1.54, 1.807) is 30.3 Å². The van der Waals surface area contributed by atoms with E-state index >= 15 is 0 Å². The third kappa shape index (κ3) is 8.14. The van der Waals surface area contributed by atoms with Crippen LogP contribution in [0.25, 0.3) is 0 Å². The molecule has 18 heavy (non-hydrogen) atoms. The lowest BCUT2D eigenvalue weighted by Crippen LogP contribution is -2.25. The van der Waals surface area contributed by atoms with Crippen LogP contribution >= 0.6 is 0 Å². The fourth-order valence-electron chi connectivity index (χ4n) is 0.805. The predicted octanol–water partition coefficient (Wildman–Crippen LogP) is 2.38. The summed E-state index contributed by atoms with van der Waals surface area (Å²) in [5, 5.41) is 7.42. The van der Waals surface area contributed by atoms with Crippen LogP contribution < -0.4 is 0 Å². The molecule has 0 saturated carbocycles. The molecular formula is C11H11F3O4. The lowest BCUT2D eigenvalue weighted by molar-refractivity contribution is -0.201. The zero-order valence-corrected chi connectivity index (χ0v) is 9.40. The van der Waals surface area contributed by atoms with Gasteiger partial charge < -0.3 is 9.84 Å². The summed E-state index contributed by atoms with van der Waals surface area (Å²) >= 11 is 0. The molecule has 0 bridgehead atoms. The number of hydrogen-bond donors (Lipinski definition) is 1. The van der Waals surface area contributed by atoms with Crippen LogP contribution in [0.3, 0.4) is 0 Å². The number of halogens is 3. The van der Waals surface area contributed by atoms with Gasteiger partial charge in [-0.15, -0.1) is 0 Å². The standard InChI is InChI=1S/C9H7F3O2.C2H4O2/c10-9(11,12)8(13)14-6-7-4-2-1-3-5-7;1-2(3)4/h1-5H,6H2;1H3,(H,3,4). The van der Waals surface area contributed by atoms with E-state index in [1.807, 2.05) is 0 Å². The minimum Gasteiger partial charge on any atom is -0.481 e. The molecule has 0 aliphatic heterocycles. The van der Waals surface area contributed by atoms with Crippen molar-refractivity contribution in [1.82, 2.24) is 0 Å². The molecule has 0 heterocycles. The highest BCUT2D eigenvalue weighted by molar-refractivity contribution is 5.75. The fourth-order valence-corrected chi connectivity index (χ4v) is 0.805. The first-order valence-corrected chi connectivity index (χ1v) is 4.71. The molecule has 1 aromatic carbocycles. The summed E-state index contributed by atoms with van der Waals surface area (Å²) in [6.45, 7) is 0.721. The van der Waals surface area contributed by atoms with Crippen LogP contribution in [0.15, 0.2) is 30.3 Å². The quantitative estimate of drug-likeness (QED) is 0.833. The van der Waals surface area contributed by atoms with Gasteiger partial charge in [-0.1, -0.05) is 30.3 Å². The third-order valence-electron chi connectivity index (χ3n) is 1.44. The summed E-state index contributed by atoms with van der Waals surface area (Å²) in [6.07, 6.45) is -4.92. The predicted molar refractivity (Wildman–Crippen MR) is 55.6 cm³/mol. The number of benzene rings is 1. The third-order valence-corrected chi connectivity index (χ3v) is 1.44. The van der Waals surface area contributed by atoms with Crippen molar-refractivity contribution >= 4 is 11.9 Å². The van der Waals surface area contributed by atoms with Crippen LogP contribution in [0.1, 0.15) is 12.5 Å². The molecule has 0 unspecified atom stereocenters. The molecule has 0 spiro atoms. The van der Waals surface area contributed by atoms with Crippen molar-refractivity contribution in [3.05, 3.63) is 35.9 Å². The van der Waals surface area contributed by atoms with E-state index in [-0.39, 0.29) is 6.61 Å². The Labute approximate surface area is 101 Å². The minimum absolute atomic E-state index is 0.362. The van der Waals surface area contributed by atoms with Crippen molar-refractivity contribution in [3.8, 4) is 0 Å². The van der Waals surface area contributed by atoms with Crippen molar-refractivity contribution < 1.29 is 32.6 Å². The molecule has 0 saturated heterocycles. The van der Waals surface area contributed by atoms with E-state index in [0.717, 1.165) is 6.92 Å². The smallest absolute Gasteiger partial charge is 0.481 e. The van der Waals surface area contributed by atoms with E-state index in [1.165, 1.54) is 0 Å². The second-order valence-electron chi connectivity index (χ2n) is 3.08. The maximum absolute atomic E-state index is 11.7.